The summed E-state index contributed by atoms with van der Waals surface area (Å²) in [6.45, 7) is 4.17. The zero-order chi connectivity index (χ0) is 19.2. The van der Waals surface area contributed by atoms with Gasteiger partial charge in [-0.3, -0.25) is 14.5 Å². The lowest BCUT2D eigenvalue weighted by atomic mass is 9.92. The molecule has 2 aliphatic heterocycles. The molecule has 2 heterocycles. The Balaban J connectivity index is 1.64. The predicted molar refractivity (Wildman–Crippen MR) is 99.2 cm³/mol. The van der Waals surface area contributed by atoms with Crippen molar-refractivity contribution in [3.8, 4) is 0 Å². The second-order valence-corrected chi connectivity index (χ2v) is 7.17. The monoisotopic (exact) mass is 376 g/mol. The molecule has 1 unspecified atom stereocenters. The lowest BCUT2D eigenvalue weighted by Gasteiger charge is -2.37. The van der Waals surface area contributed by atoms with Crippen molar-refractivity contribution in [2.45, 2.75) is 25.5 Å². The number of piperidine rings is 1. The van der Waals surface area contributed by atoms with Gasteiger partial charge in [-0.1, -0.05) is 24.3 Å². The standard InChI is InChI=1S/C20H28N2O5/c1-26-14-15-3-2-4-17(13-15)18(20(24)25)21-7-5-16(6-8-21)19(23)22-9-11-27-12-10-22/h2-4,13,16,18H,5-12,14H2,1H3,(H,24,25). The molecule has 2 aliphatic rings. The van der Waals surface area contributed by atoms with E-state index in [2.05, 4.69) is 0 Å². The van der Waals surface area contributed by atoms with E-state index in [1.807, 2.05) is 34.1 Å². The van der Waals surface area contributed by atoms with Gasteiger partial charge in [-0.2, -0.15) is 0 Å². The second kappa shape index (κ2) is 9.30. The third-order valence-corrected chi connectivity index (χ3v) is 5.38. The summed E-state index contributed by atoms with van der Waals surface area (Å²) >= 11 is 0. The van der Waals surface area contributed by atoms with Crippen LogP contribution in [0.25, 0.3) is 0 Å². The molecule has 1 atom stereocenters. The smallest absolute Gasteiger partial charge is 0.325 e. The van der Waals surface area contributed by atoms with Crippen LogP contribution in [-0.2, 0) is 25.7 Å². The Hall–Kier alpha value is -1.96. The molecule has 2 fully saturated rings. The molecule has 148 valence electrons. The number of likely N-dealkylation sites (tertiary alicyclic amines) is 1. The summed E-state index contributed by atoms with van der Waals surface area (Å²) in [4.78, 5) is 28.5. The van der Waals surface area contributed by atoms with Crippen molar-refractivity contribution >= 4 is 11.9 Å². The number of morpholine rings is 1. The van der Waals surface area contributed by atoms with Gasteiger partial charge in [0, 0.05) is 39.2 Å². The Kier molecular flexibility index (Phi) is 6.82. The molecule has 27 heavy (non-hydrogen) atoms. The van der Waals surface area contributed by atoms with Crippen LogP contribution < -0.4 is 0 Å². The van der Waals surface area contributed by atoms with Gasteiger partial charge < -0.3 is 19.5 Å². The van der Waals surface area contributed by atoms with Gasteiger partial charge in [0.25, 0.3) is 0 Å². The minimum Gasteiger partial charge on any atom is -0.480 e. The molecule has 0 saturated carbocycles. The number of ether oxygens (including phenoxy) is 2. The Morgan fingerprint density at radius 2 is 1.93 bits per heavy atom. The van der Waals surface area contributed by atoms with Crippen molar-refractivity contribution in [3.63, 3.8) is 0 Å². The lowest BCUT2D eigenvalue weighted by Crippen LogP contribution is -2.48. The molecule has 1 aromatic rings. The van der Waals surface area contributed by atoms with Crippen LogP contribution in [0.1, 0.15) is 30.0 Å². The van der Waals surface area contributed by atoms with Crippen molar-refractivity contribution in [3.05, 3.63) is 35.4 Å². The molecule has 0 aliphatic carbocycles. The fourth-order valence-corrected chi connectivity index (χ4v) is 3.98. The third-order valence-electron chi connectivity index (χ3n) is 5.38. The Morgan fingerprint density at radius 1 is 1.22 bits per heavy atom. The van der Waals surface area contributed by atoms with Gasteiger partial charge >= 0.3 is 5.97 Å². The van der Waals surface area contributed by atoms with Gasteiger partial charge in [0.2, 0.25) is 5.91 Å². The number of nitrogens with zero attached hydrogens (tertiary/aromatic N) is 2. The van der Waals surface area contributed by atoms with Gasteiger partial charge in [0.05, 0.1) is 19.8 Å². The van der Waals surface area contributed by atoms with E-state index in [1.54, 1.807) is 7.11 Å². The van der Waals surface area contributed by atoms with E-state index in [0.29, 0.717) is 58.8 Å². The molecule has 0 bridgehead atoms. The average Bonchev–Trinajstić information content (AvgIpc) is 2.69. The number of aliphatic carboxylic acids is 1. The van der Waals surface area contributed by atoms with Crippen LogP contribution >= 0.6 is 0 Å². The molecular weight excluding hydrogens is 348 g/mol. The van der Waals surface area contributed by atoms with Crippen molar-refractivity contribution in [2.75, 3.05) is 46.5 Å². The number of carbonyl (C=O) groups is 2. The van der Waals surface area contributed by atoms with Gasteiger partial charge in [0.15, 0.2) is 0 Å². The summed E-state index contributed by atoms with van der Waals surface area (Å²) in [5.74, 6) is -0.692. The number of benzene rings is 1. The third kappa shape index (κ3) is 4.86. The first-order valence-electron chi connectivity index (χ1n) is 9.51. The summed E-state index contributed by atoms with van der Waals surface area (Å²) in [5.41, 5.74) is 1.72. The van der Waals surface area contributed by atoms with E-state index in [9.17, 15) is 14.7 Å². The zero-order valence-electron chi connectivity index (χ0n) is 15.8. The molecule has 7 nitrogen and oxygen atoms in total. The van der Waals surface area contributed by atoms with E-state index in [0.717, 1.165) is 11.1 Å². The summed E-state index contributed by atoms with van der Waals surface area (Å²) < 4.78 is 10.5. The minimum absolute atomic E-state index is 0.0198. The molecule has 0 radical (unpaired) electrons. The number of carboxylic acid groups (broad SMARTS) is 1. The molecule has 2 saturated heterocycles. The molecule has 7 heteroatoms. The zero-order valence-corrected chi connectivity index (χ0v) is 15.8. The highest BCUT2D eigenvalue weighted by molar-refractivity contribution is 5.79. The summed E-state index contributed by atoms with van der Waals surface area (Å²) in [6, 6.07) is 6.85. The van der Waals surface area contributed by atoms with Gasteiger partial charge in [-0.25, -0.2) is 0 Å². The number of hydrogen-bond donors (Lipinski definition) is 1. The van der Waals surface area contributed by atoms with Crippen LogP contribution in [0.15, 0.2) is 24.3 Å². The van der Waals surface area contributed by atoms with Crippen molar-refractivity contribution in [2.24, 2.45) is 5.92 Å². The Morgan fingerprint density at radius 3 is 2.56 bits per heavy atom. The number of rotatable bonds is 6. The van der Waals surface area contributed by atoms with Crippen molar-refractivity contribution < 1.29 is 24.2 Å². The average molecular weight is 376 g/mol. The summed E-state index contributed by atoms with van der Waals surface area (Å²) in [6.07, 6.45) is 1.38. The SMILES string of the molecule is COCc1cccc(C(C(=O)O)N2CCC(C(=O)N3CCOCC3)CC2)c1. The van der Waals surface area contributed by atoms with Crippen molar-refractivity contribution in [1.29, 1.82) is 0 Å². The fourth-order valence-electron chi connectivity index (χ4n) is 3.98. The maximum Gasteiger partial charge on any atom is 0.325 e. The highest BCUT2D eigenvalue weighted by atomic mass is 16.5. The first kappa shape index (κ1) is 19.8. The topological polar surface area (TPSA) is 79.3 Å². The van der Waals surface area contributed by atoms with Crippen LogP contribution in [0.3, 0.4) is 0 Å². The number of methoxy groups -OCH3 is 1. The predicted octanol–water partition coefficient (Wildman–Crippen LogP) is 1.53. The van der Waals surface area contributed by atoms with Gasteiger partial charge in [0.1, 0.15) is 6.04 Å². The first-order valence-corrected chi connectivity index (χ1v) is 9.51. The Bertz CT molecular complexity index is 652. The van der Waals surface area contributed by atoms with Crippen LogP contribution in [0.4, 0.5) is 0 Å². The van der Waals surface area contributed by atoms with Crippen LogP contribution in [0.2, 0.25) is 0 Å². The minimum atomic E-state index is -0.859. The van der Waals surface area contributed by atoms with E-state index >= 15 is 0 Å². The molecule has 0 aromatic heterocycles. The number of carbonyl (C=O) groups excluding carboxylic acids is 1. The van der Waals surface area contributed by atoms with Gasteiger partial charge in [-0.05, 0) is 24.0 Å². The maximum absolute atomic E-state index is 12.7. The molecule has 1 amide bonds. The van der Waals surface area contributed by atoms with E-state index in [1.165, 1.54) is 0 Å². The number of amides is 1. The van der Waals surface area contributed by atoms with Crippen LogP contribution in [-0.4, -0.2) is 73.3 Å². The van der Waals surface area contributed by atoms with E-state index in [4.69, 9.17) is 9.47 Å². The lowest BCUT2D eigenvalue weighted by molar-refractivity contribution is -0.145. The molecule has 1 aromatic carbocycles. The van der Waals surface area contributed by atoms with Crippen molar-refractivity contribution in [1.82, 2.24) is 9.80 Å². The largest absolute Gasteiger partial charge is 0.480 e. The molecular formula is C20H28N2O5. The maximum atomic E-state index is 12.7. The normalized spacial score (nSPS) is 20.4. The molecule has 3 rings (SSSR count). The quantitative estimate of drug-likeness (QED) is 0.811. The number of carboxylic acids is 1. The van der Waals surface area contributed by atoms with E-state index in [-0.39, 0.29) is 11.8 Å². The highest BCUT2D eigenvalue weighted by Gasteiger charge is 2.34. The second-order valence-electron chi connectivity index (χ2n) is 7.17. The van der Waals surface area contributed by atoms with E-state index < -0.39 is 12.0 Å². The molecule has 1 N–H and O–H groups in total. The van der Waals surface area contributed by atoms with Gasteiger partial charge in [-0.15, -0.1) is 0 Å². The van der Waals surface area contributed by atoms with Crippen LogP contribution in [0, 0.1) is 5.92 Å². The fraction of sp³-hybridized carbons (Fsp3) is 0.600. The molecule has 0 spiro atoms. The highest BCUT2D eigenvalue weighted by Crippen LogP contribution is 2.29. The Labute approximate surface area is 159 Å². The number of hydrogen-bond acceptors (Lipinski definition) is 5. The first-order chi connectivity index (χ1) is 13.1. The summed E-state index contributed by atoms with van der Waals surface area (Å²) in [7, 11) is 1.62. The summed E-state index contributed by atoms with van der Waals surface area (Å²) in [5, 5.41) is 9.82. The van der Waals surface area contributed by atoms with Crippen LogP contribution in [0.5, 0.6) is 0 Å².